The lowest BCUT2D eigenvalue weighted by atomic mass is 9.71. The minimum absolute atomic E-state index is 0.157. The van der Waals surface area contributed by atoms with Crippen molar-refractivity contribution in [3.8, 4) is 0 Å². The Hall–Kier alpha value is -0.160. The Bertz CT molecular complexity index is 326. The van der Waals surface area contributed by atoms with Gasteiger partial charge in [0.25, 0.3) is 0 Å². The fourth-order valence-corrected chi connectivity index (χ4v) is 3.93. The zero-order chi connectivity index (χ0) is 16.2. The topological polar surface area (TPSA) is 41.9 Å². The molecule has 0 aromatic rings. The third kappa shape index (κ3) is 4.67. The Labute approximate surface area is 136 Å². The molecule has 1 saturated carbocycles. The van der Waals surface area contributed by atoms with Gasteiger partial charge in [-0.1, -0.05) is 27.7 Å². The van der Waals surface area contributed by atoms with E-state index in [4.69, 9.17) is 9.47 Å². The molecule has 4 nitrogen and oxygen atoms in total. The quantitative estimate of drug-likeness (QED) is 0.818. The lowest BCUT2D eigenvalue weighted by Crippen LogP contribution is -2.41. The summed E-state index contributed by atoms with van der Waals surface area (Å²) in [6.07, 6.45) is 5.71. The molecule has 1 aliphatic heterocycles. The molecule has 1 N–H and O–H groups in total. The lowest BCUT2D eigenvalue weighted by molar-refractivity contribution is -0.197. The molecule has 22 heavy (non-hydrogen) atoms. The maximum Gasteiger partial charge on any atom is 0.168 e. The summed E-state index contributed by atoms with van der Waals surface area (Å²) in [5.41, 5.74) is 0.388. The van der Waals surface area contributed by atoms with E-state index in [1.54, 1.807) is 0 Å². The van der Waals surface area contributed by atoms with E-state index in [1.807, 2.05) is 0 Å². The van der Waals surface area contributed by atoms with E-state index in [1.165, 1.54) is 12.8 Å². The largest absolute Gasteiger partial charge is 0.395 e. The van der Waals surface area contributed by atoms with Gasteiger partial charge in [-0.05, 0) is 37.1 Å². The van der Waals surface area contributed by atoms with E-state index in [9.17, 15) is 5.11 Å². The van der Waals surface area contributed by atoms with Gasteiger partial charge in [0, 0.05) is 25.9 Å². The first-order valence-corrected chi connectivity index (χ1v) is 9.03. The fraction of sp³-hybridized carbons (Fsp3) is 1.00. The van der Waals surface area contributed by atoms with Crippen LogP contribution >= 0.6 is 0 Å². The molecule has 0 aromatic carbocycles. The maximum absolute atomic E-state index is 9.17. The highest BCUT2D eigenvalue weighted by molar-refractivity contribution is 4.89. The Kier molecular flexibility index (Phi) is 6.29. The summed E-state index contributed by atoms with van der Waals surface area (Å²) in [4.78, 5) is 2.29. The van der Waals surface area contributed by atoms with Gasteiger partial charge in [0.1, 0.15) is 0 Å². The first-order valence-electron chi connectivity index (χ1n) is 9.03. The van der Waals surface area contributed by atoms with Crippen molar-refractivity contribution in [2.45, 2.75) is 71.7 Å². The Morgan fingerprint density at radius 1 is 1.18 bits per heavy atom. The summed E-state index contributed by atoms with van der Waals surface area (Å²) >= 11 is 0. The van der Waals surface area contributed by atoms with Gasteiger partial charge in [-0.25, -0.2) is 0 Å². The maximum atomic E-state index is 9.17. The molecular weight excluding hydrogens is 278 g/mol. The van der Waals surface area contributed by atoms with Gasteiger partial charge in [0.2, 0.25) is 0 Å². The molecule has 2 fully saturated rings. The molecule has 1 heterocycles. The molecule has 0 bridgehead atoms. The van der Waals surface area contributed by atoms with Crippen molar-refractivity contribution in [3.63, 3.8) is 0 Å². The number of ether oxygens (including phenoxy) is 2. The Balaban J connectivity index is 1.82. The zero-order valence-corrected chi connectivity index (χ0v) is 14.9. The molecular formula is C18H35NO3. The van der Waals surface area contributed by atoms with Crippen LogP contribution < -0.4 is 0 Å². The van der Waals surface area contributed by atoms with E-state index in [0.29, 0.717) is 12.0 Å². The van der Waals surface area contributed by atoms with Crippen molar-refractivity contribution in [2.75, 3.05) is 32.8 Å². The van der Waals surface area contributed by atoms with Crippen molar-refractivity contribution in [1.82, 2.24) is 4.90 Å². The van der Waals surface area contributed by atoms with Crippen molar-refractivity contribution in [1.29, 1.82) is 0 Å². The molecule has 0 aromatic heterocycles. The smallest absolute Gasteiger partial charge is 0.168 e. The third-order valence-electron chi connectivity index (χ3n) is 5.30. The van der Waals surface area contributed by atoms with Gasteiger partial charge in [0.15, 0.2) is 5.79 Å². The van der Waals surface area contributed by atoms with Gasteiger partial charge in [-0.3, -0.25) is 4.90 Å². The highest BCUT2D eigenvalue weighted by Crippen LogP contribution is 2.45. The van der Waals surface area contributed by atoms with Crippen molar-refractivity contribution in [3.05, 3.63) is 0 Å². The molecule has 130 valence electrons. The number of nitrogens with zero attached hydrogens (tertiary/aromatic N) is 1. The summed E-state index contributed by atoms with van der Waals surface area (Å²) in [5.74, 6) is 0.458. The molecule has 2 aliphatic rings. The minimum Gasteiger partial charge on any atom is -0.395 e. The number of aliphatic hydroxyl groups excluding tert-OH is 1. The number of hydrogen-bond donors (Lipinski definition) is 1. The molecule has 0 radical (unpaired) electrons. The zero-order valence-electron chi connectivity index (χ0n) is 14.9. The van der Waals surface area contributed by atoms with Crippen LogP contribution in [-0.4, -0.2) is 54.7 Å². The van der Waals surface area contributed by atoms with E-state index < -0.39 is 0 Å². The van der Waals surface area contributed by atoms with Gasteiger partial charge >= 0.3 is 0 Å². The van der Waals surface area contributed by atoms with Crippen LogP contribution in [0, 0.1) is 11.3 Å². The number of rotatable bonds is 6. The van der Waals surface area contributed by atoms with Crippen LogP contribution in [0.5, 0.6) is 0 Å². The summed E-state index contributed by atoms with van der Waals surface area (Å²) in [6, 6.07) is 0. The van der Waals surface area contributed by atoms with E-state index in [0.717, 1.165) is 44.8 Å². The number of aliphatic hydroxyl groups is 1. The lowest BCUT2D eigenvalue weighted by Gasteiger charge is -2.41. The van der Waals surface area contributed by atoms with Crippen LogP contribution in [0.4, 0.5) is 0 Å². The van der Waals surface area contributed by atoms with Crippen molar-refractivity contribution < 1.29 is 14.6 Å². The van der Waals surface area contributed by atoms with E-state index in [2.05, 4.69) is 32.6 Å². The van der Waals surface area contributed by atoms with Crippen molar-refractivity contribution in [2.24, 2.45) is 11.3 Å². The fourth-order valence-electron chi connectivity index (χ4n) is 3.93. The van der Waals surface area contributed by atoms with E-state index in [-0.39, 0.29) is 18.5 Å². The molecule has 2 rings (SSSR count). The predicted octanol–water partition coefficient (Wildman–Crippen LogP) is 3.04. The van der Waals surface area contributed by atoms with Crippen LogP contribution in [0.2, 0.25) is 0 Å². The van der Waals surface area contributed by atoms with E-state index >= 15 is 0 Å². The second kappa shape index (κ2) is 7.61. The normalized spacial score (nSPS) is 33.0. The van der Waals surface area contributed by atoms with Crippen LogP contribution in [0.3, 0.4) is 0 Å². The molecule has 1 saturated heterocycles. The van der Waals surface area contributed by atoms with Gasteiger partial charge in [0.05, 0.1) is 19.3 Å². The summed E-state index contributed by atoms with van der Waals surface area (Å²) in [5, 5.41) is 9.17. The molecule has 0 amide bonds. The monoisotopic (exact) mass is 313 g/mol. The SMILES string of the molecule is CCCN(CCO)CC1COC2(CCC(C(C)(C)C)CC2)O1. The van der Waals surface area contributed by atoms with Gasteiger partial charge in [-0.2, -0.15) is 0 Å². The van der Waals surface area contributed by atoms with Crippen LogP contribution in [-0.2, 0) is 9.47 Å². The second-order valence-corrected chi connectivity index (χ2v) is 8.13. The molecule has 4 heteroatoms. The second-order valence-electron chi connectivity index (χ2n) is 8.13. The van der Waals surface area contributed by atoms with Crippen molar-refractivity contribution >= 4 is 0 Å². The van der Waals surface area contributed by atoms with Gasteiger partial charge in [-0.15, -0.1) is 0 Å². The average Bonchev–Trinajstić information content (AvgIpc) is 2.81. The highest BCUT2D eigenvalue weighted by atomic mass is 16.7. The van der Waals surface area contributed by atoms with Crippen LogP contribution in [0.25, 0.3) is 0 Å². The van der Waals surface area contributed by atoms with Crippen LogP contribution in [0.15, 0.2) is 0 Å². The highest BCUT2D eigenvalue weighted by Gasteiger charge is 2.46. The number of hydrogen-bond acceptors (Lipinski definition) is 4. The Morgan fingerprint density at radius 3 is 2.41 bits per heavy atom. The first kappa shape index (κ1) is 18.2. The standard InChI is InChI=1S/C18H35NO3/c1-5-10-19(11-12-20)13-16-14-21-18(22-16)8-6-15(7-9-18)17(2,3)4/h15-16,20H,5-14H2,1-4H3. The van der Waals surface area contributed by atoms with Crippen LogP contribution in [0.1, 0.15) is 59.8 Å². The molecule has 1 unspecified atom stereocenters. The molecule has 1 spiro atoms. The van der Waals surface area contributed by atoms with Gasteiger partial charge < -0.3 is 14.6 Å². The predicted molar refractivity (Wildman–Crippen MR) is 88.8 cm³/mol. The Morgan fingerprint density at radius 2 is 1.86 bits per heavy atom. The molecule has 1 atom stereocenters. The summed E-state index contributed by atoms with van der Waals surface area (Å²) in [7, 11) is 0. The minimum atomic E-state index is -0.316. The average molecular weight is 313 g/mol. The first-order chi connectivity index (χ1) is 10.4. The summed E-state index contributed by atoms with van der Waals surface area (Å²) in [6.45, 7) is 12.7. The third-order valence-corrected chi connectivity index (χ3v) is 5.30. The molecule has 1 aliphatic carbocycles. The summed E-state index contributed by atoms with van der Waals surface area (Å²) < 4.78 is 12.4.